The Morgan fingerprint density at radius 2 is 2.12 bits per heavy atom. The number of carbonyl (C=O) groups excluding carboxylic acids is 1. The van der Waals surface area contributed by atoms with Gasteiger partial charge < -0.3 is 9.64 Å². The second kappa shape index (κ2) is 9.66. The number of amides is 1. The fourth-order valence-corrected chi connectivity index (χ4v) is 5.48. The molecule has 0 saturated heterocycles. The van der Waals surface area contributed by atoms with Crippen molar-refractivity contribution in [1.29, 1.82) is 0 Å². The number of carbonyl (C=O) groups is 1. The molecule has 8 nitrogen and oxygen atoms in total. The van der Waals surface area contributed by atoms with Crippen molar-refractivity contribution >= 4 is 45.7 Å². The molecule has 33 heavy (non-hydrogen) atoms. The maximum absolute atomic E-state index is 13.1. The Morgan fingerprint density at radius 1 is 1.27 bits per heavy atom. The van der Waals surface area contributed by atoms with E-state index in [4.69, 9.17) is 4.74 Å². The molecule has 1 fully saturated rings. The Morgan fingerprint density at radius 3 is 2.88 bits per heavy atom. The summed E-state index contributed by atoms with van der Waals surface area (Å²) in [4.78, 5) is 28.2. The molecule has 0 radical (unpaired) electrons. The topological polar surface area (TPSA) is 81.7 Å². The van der Waals surface area contributed by atoms with Crippen molar-refractivity contribution in [3.8, 4) is 0 Å². The van der Waals surface area contributed by atoms with Gasteiger partial charge in [0.15, 0.2) is 5.16 Å². The first-order chi connectivity index (χ1) is 16.2. The summed E-state index contributed by atoms with van der Waals surface area (Å²) in [6.07, 6.45) is 2.82. The number of fused-ring (bicyclic) bond motifs is 3. The molecule has 3 heterocycles. The van der Waals surface area contributed by atoms with Crippen molar-refractivity contribution in [3.63, 3.8) is 0 Å². The Bertz CT molecular complexity index is 1330. The third-order valence-electron chi connectivity index (χ3n) is 5.77. The molecule has 172 valence electrons. The van der Waals surface area contributed by atoms with Gasteiger partial charge in [-0.05, 0) is 53.8 Å². The van der Waals surface area contributed by atoms with Gasteiger partial charge in [-0.2, -0.15) is 11.3 Å². The molecule has 0 unspecified atom stereocenters. The molecule has 0 aliphatic heterocycles. The van der Waals surface area contributed by atoms with Crippen LogP contribution >= 0.6 is 23.1 Å². The number of rotatable bonds is 10. The highest BCUT2D eigenvalue weighted by Gasteiger charge is 2.32. The van der Waals surface area contributed by atoms with Crippen molar-refractivity contribution in [2.75, 3.05) is 19.5 Å². The minimum atomic E-state index is -0.0927. The van der Waals surface area contributed by atoms with Crippen LogP contribution in [0.1, 0.15) is 24.8 Å². The molecule has 1 amide bonds. The quantitative estimate of drug-likeness (QED) is 0.254. The van der Waals surface area contributed by atoms with E-state index in [0.717, 1.165) is 18.4 Å². The Labute approximate surface area is 199 Å². The van der Waals surface area contributed by atoms with Crippen molar-refractivity contribution in [2.24, 2.45) is 0 Å². The number of aryl methyl sites for hydroxylation is 1. The summed E-state index contributed by atoms with van der Waals surface area (Å²) < 4.78 is 8.69. The van der Waals surface area contributed by atoms with Crippen LogP contribution in [0.4, 0.5) is 0 Å². The Balaban J connectivity index is 1.43. The zero-order chi connectivity index (χ0) is 22.8. The lowest BCUT2D eigenvalue weighted by Crippen LogP contribution is -2.33. The summed E-state index contributed by atoms with van der Waals surface area (Å²) in [6, 6.07) is 9.87. The van der Waals surface area contributed by atoms with Crippen LogP contribution in [0.2, 0.25) is 0 Å². The molecule has 1 saturated carbocycles. The average Bonchev–Trinajstić information content (AvgIpc) is 3.37. The van der Waals surface area contributed by atoms with Gasteiger partial charge >= 0.3 is 0 Å². The van der Waals surface area contributed by atoms with E-state index in [2.05, 4.69) is 21.6 Å². The summed E-state index contributed by atoms with van der Waals surface area (Å²) in [5.74, 6) is 0.865. The van der Waals surface area contributed by atoms with Gasteiger partial charge in [0, 0.05) is 32.8 Å². The molecule has 0 N–H and O–H groups in total. The SMILES string of the molecule is COCCCn1c(=O)c2ccccc2n2c(SCC(=O)N(Cc3ccsc3)C3CC3)nnc12. The first-order valence-electron chi connectivity index (χ1n) is 11.0. The lowest BCUT2D eigenvalue weighted by Gasteiger charge is -2.21. The van der Waals surface area contributed by atoms with Crippen LogP contribution in [0, 0.1) is 0 Å². The van der Waals surface area contributed by atoms with Gasteiger partial charge in [-0.1, -0.05) is 23.9 Å². The van der Waals surface area contributed by atoms with Crippen LogP contribution in [0.15, 0.2) is 51.0 Å². The standard InChI is InChI=1S/C23H25N5O3S2/c1-31-11-4-10-26-21(30)18-5-2-3-6-19(18)28-22(26)24-25-23(28)33-15-20(29)27(17-7-8-17)13-16-9-12-32-14-16/h2-3,5-6,9,12,14,17H,4,7-8,10-11,13,15H2,1H3. The number of hydrogen-bond acceptors (Lipinski definition) is 7. The summed E-state index contributed by atoms with van der Waals surface area (Å²) in [6.45, 7) is 1.69. The van der Waals surface area contributed by atoms with Gasteiger partial charge in [0.25, 0.3) is 5.56 Å². The van der Waals surface area contributed by atoms with E-state index in [9.17, 15) is 9.59 Å². The second-order valence-corrected chi connectivity index (χ2v) is 9.83. The molecular formula is C23H25N5O3S2. The molecule has 1 aliphatic rings. The van der Waals surface area contributed by atoms with Gasteiger partial charge in [0.1, 0.15) is 0 Å². The predicted octanol–water partition coefficient (Wildman–Crippen LogP) is 3.43. The molecule has 0 spiro atoms. The lowest BCUT2D eigenvalue weighted by molar-refractivity contribution is -0.129. The van der Waals surface area contributed by atoms with Crippen LogP contribution < -0.4 is 5.56 Å². The predicted molar refractivity (Wildman–Crippen MR) is 130 cm³/mol. The molecule has 3 aromatic heterocycles. The highest BCUT2D eigenvalue weighted by atomic mass is 32.2. The fraction of sp³-hybridized carbons (Fsp3) is 0.391. The molecule has 0 atom stereocenters. The van der Waals surface area contributed by atoms with E-state index in [1.807, 2.05) is 38.9 Å². The maximum Gasteiger partial charge on any atom is 0.262 e. The van der Waals surface area contributed by atoms with Gasteiger partial charge in [-0.15, -0.1) is 10.2 Å². The third kappa shape index (κ3) is 4.55. The molecule has 5 rings (SSSR count). The Kier molecular flexibility index (Phi) is 6.48. The van der Waals surface area contributed by atoms with E-state index >= 15 is 0 Å². The largest absolute Gasteiger partial charge is 0.385 e. The third-order valence-corrected chi connectivity index (χ3v) is 7.42. The van der Waals surface area contributed by atoms with Crippen molar-refractivity contribution < 1.29 is 9.53 Å². The number of para-hydroxylation sites is 1. The second-order valence-electron chi connectivity index (χ2n) is 8.11. The maximum atomic E-state index is 13.1. The van der Waals surface area contributed by atoms with Crippen molar-refractivity contribution in [3.05, 3.63) is 57.0 Å². The van der Waals surface area contributed by atoms with E-state index in [-0.39, 0.29) is 17.2 Å². The van der Waals surface area contributed by atoms with Crippen LogP contribution in [0.3, 0.4) is 0 Å². The Hall–Kier alpha value is -2.69. The zero-order valence-electron chi connectivity index (χ0n) is 18.3. The number of hydrogen-bond donors (Lipinski definition) is 0. The first-order valence-corrected chi connectivity index (χ1v) is 12.9. The van der Waals surface area contributed by atoms with Crippen molar-refractivity contribution in [1.82, 2.24) is 24.1 Å². The first kappa shape index (κ1) is 22.1. The van der Waals surface area contributed by atoms with Gasteiger partial charge in [0.05, 0.1) is 16.7 Å². The minimum Gasteiger partial charge on any atom is -0.385 e. The summed E-state index contributed by atoms with van der Waals surface area (Å²) in [5, 5.41) is 14.0. The van der Waals surface area contributed by atoms with Crippen LogP contribution in [-0.2, 0) is 22.6 Å². The minimum absolute atomic E-state index is 0.0927. The van der Waals surface area contributed by atoms with Gasteiger partial charge in [0.2, 0.25) is 11.7 Å². The number of thiophene rings is 1. The van der Waals surface area contributed by atoms with Gasteiger partial charge in [-0.3, -0.25) is 18.6 Å². The van der Waals surface area contributed by atoms with E-state index in [0.29, 0.717) is 48.5 Å². The molecule has 0 bridgehead atoms. The summed E-state index contributed by atoms with van der Waals surface area (Å²) in [7, 11) is 1.64. The number of aromatic nitrogens is 4. The lowest BCUT2D eigenvalue weighted by atomic mass is 10.2. The number of methoxy groups -OCH3 is 1. The fourth-order valence-electron chi connectivity index (χ4n) is 3.99. The summed E-state index contributed by atoms with van der Waals surface area (Å²) >= 11 is 3.02. The zero-order valence-corrected chi connectivity index (χ0v) is 20.0. The molecule has 1 aliphatic carbocycles. The number of thioether (sulfide) groups is 1. The van der Waals surface area contributed by atoms with Crippen LogP contribution in [-0.4, -0.2) is 55.5 Å². The normalized spacial score (nSPS) is 13.7. The number of benzene rings is 1. The van der Waals surface area contributed by atoms with E-state index in [1.54, 1.807) is 23.0 Å². The van der Waals surface area contributed by atoms with E-state index < -0.39 is 0 Å². The molecule has 10 heteroatoms. The van der Waals surface area contributed by atoms with Crippen LogP contribution in [0.5, 0.6) is 0 Å². The molecule has 1 aromatic carbocycles. The molecular weight excluding hydrogens is 458 g/mol. The highest BCUT2D eigenvalue weighted by molar-refractivity contribution is 7.99. The number of ether oxygens (including phenoxy) is 1. The van der Waals surface area contributed by atoms with Crippen LogP contribution in [0.25, 0.3) is 16.7 Å². The summed E-state index contributed by atoms with van der Waals surface area (Å²) in [5.41, 5.74) is 1.83. The van der Waals surface area contributed by atoms with Gasteiger partial charge in [-0.25, -0.2) is 0 Å². The monoisotopic (exact) mass is 483 g/mol. The van der Waals surface area contributed by atoms with Crippen molar-refractivity contribution in [2.45, 2.75) is 43.6 Å². The average molecular weight is 484 g/mol. The highest BCUT2D eigenvalue weighted by Crippen LogP contribution is 2.30. The molecule has 4 aromatic rings. The number of nitrogens with zero attached hydrogens (tertiary/aromatic N) is 5. The smallest absolute Gasteiger partial charge is 0.262 e. The van der Waals surface area contributed by atoms with E-state index in [1.165, 1.54) is 17.3 Å².